The second kappa shape index (κ2) is 8.47. The highest BCUT2D eigenvalue weighted by atomic mass is 35.5. The van der Waals surface area contributed by atoms with Gasteiger partial charge in [-0.05, 0) is 36.4 Å². The van der Waals surface area contributed by atoms with Crippen molar-refractivity contribution in [3.8, 4) is 16.9 Å². The summed E-state index contributed by atoms with van der Waals surface area (Å²) >= 11 is 6.13. The molecule has 0 N–H and O–H groups in total. The van der Waals surface area contributed by atoms with Crippen LogP contribution in [0.2, 0.25) is 5.02 Å². The Balaban J connectivity index is 1.73. The van der Waals surface area contributed by atoms with Gasteiger partial charge in [-0.15, -0.1) is 0 Å². The second-order valence-electron chi connectivity index (χ2n) is 6.77. The van der Waals surface area contributed by atoms with Crippen molar-refractivity contribution < 1.29 is 9.18 Å². The van der Waals surface area contributed by atoms with E-state index in [1.807, 2.05) is 36.4 Å². The molecule has 2 heterocycles. The van der Waals surface area contributed by atoms with E-state index in [-0.39, 0.29) is 23.0 Å². The quantitative estimate of drug-likeness (QED) is 0.456. The van der Waals surface area contributed by atoms with Crippen LogP contribution in [-0.4, -0.2) is 32.6 Å². The first-order valence-corrected chi connectivity index (χ1v) is 9.66. The van der Waals surface area contributed by atoms with Crippen molar-refractivity contribution in [2.75, 3.05) is 7.05 Å². The summed E-state index contributed by atoms with van der Waals surface area (Å²) in [5, 5.41) is 4.91. The van der Waals surface area contributed by atoms with Gasteiger partial charge in [0.05, 0.1) is 11.3 Å². The van der Waals surface area contributed by atoms with Gasteiger partial charge in [-0.2, -0.15) is 5.10 Å². The molecule has 0 spiro atoms. The van der Waals surface area contributed by atoms with Crippen molar-refractivity contribution in [2.24, 2.45) is 0 Å². The van der Waals surface area contributed by atoms with Crippen molar-refractivity contribution in [2.45, 2.75) is 6.54 Å². The average molecular weight is 421 g/mol. The van der Waals surface area contributed by atoms with Crippen LogP contribution in [0.1, 0.15) is 15.9 Å². The maximum atomic E-state index is 14.2. The number of nitrogens with zero attached hydrogens (tertiary/aromatic N) is 4. The number of para-hydroxylation sites is 1. The Hall–Kier alpha value is -3.51. The summed E-state index contributed by atoms with van der Waals surface area (Å²) in [6.07, 6.45) is 4.99. The summed E-state index contributed by atoms with van der Waals surface area (Å²) in [6.45, 7) is 0.0351. The summed E-state index contributed by atoms with van der Waals surface area (Å²) in [6, 6.07) is 17.6. The minimum atomic E-state index is -0.449. The molecule has 1 amide bonds. The van der Waals surface area contributed by atoms with Crippen LogP contribution in [0.25, 0.3) is 16.9 Å². The van der Waals surface area contributed by atoms with Crippen molar-refractivity contribution >= 4 is 17.5 Å². The van der Waals surface area contributed by atoms with Crippen LogP contribution in [0.4, 0.5) is 4.39 Å². The van der Waals surface area contributed by atoms with Crippen LogP contribution in [0.15, 0.2) is 79.3 Å². The monoisotopic (exact) mass is 420 g/mol. The fraction of sp³-hybridized carbons (Fsp3) is 0.0870. The molecule has 150 valence electrons. The molecule has 4 aromatic rings. The number of benzene rings is 2. The zero-order chi connectivity index (χ0) is 21.1. The van der Waals surface area contributed by atoms with Gasteiger partial charge in [0.1, 0.15) is 11.5 Å². The number of hydrogen-bond acceptors (Lipinski definition) is 3. The number of hydrogen-bond donors (Lipinski definition) is 0. The molecule has 30 heavy (non-hydrogen) atoms. The highest BCUT2D eigenvalue weighted by Crippen LogP contribution is 2.26. The lowest BCUT2D eigenvalue weighted by atomic mass is 10.1. The molecule has 0 unspecified atom stereocenters. The molecule has 0 atom stereocenters. The molecule has 5 nitrogen and oxygen atoms in total. The molecular weight excluding hydrogens is 403 g/mol. The summed E-state index contributed by atoms with van der Waals surface area (Å²) in [7, 11) is 1.61. The third kappa shape index (κ3) is 3.95. The number of carbonyl (C=O) groups is 1. The van der Waals surface area contributed by atoms with Gasteiger partial charge in [-0.1, -0.05) is 35.9 Å². The smallest absolute Gasteiger partial charge is 0.257 e. The normalized spacial score (nSPS) is 10.8. The molecule has 2 aromatic carbocycles. The second-order valence-corrected chi connectivity index (χ2v) is 7.18. The Morgan fingerprint density at radius 1 is 1.10 bits per heavy atom. The van der Waals surface area contributed by atoms with Gasteiger partial charge in [-0.25, -0.2) is 9.07 Å². The van der Waals surface area contributed by atoms with E-state index in [4.69, 9.17) is 11.6 Å². The van der Waals surface area contributed by atoms with Crippen molar-refractivity contribution in [3.63, 3.8) is 0 Å². The largest absolute Gasteiger partial charge is 0.337 e. The maximum absolute atomic E-state index is 14.2. The lowest BCUT2D eigenvalue weighted by Gasteiger charge is -2.18. The van der Waals surface area contributed by atoms with E-state index in [1.54, 1.807) is 42.5 Å². The van der Waals surface area contributed by atoms with Gasteiger partial charge in [-0.3, -0.25) is 9.78 Å². The molecule has 0 aliphatic heterocycles. The maximum Gasteiger partial charge on any atom is 0.257 e. The predicted molar refractivity (Wildman–Crippen MR) is 114 cm³/mol. The zero-order valence-electron chi connectivity index (χ0n) is 16.2. The van der Waals surface area contributed by atoms with Gasteiger partial charge in [0, 0.05) is 48.3 Å². The van der Waals surface area contributed by atoms with Crippen LogP contribution < -0.4 is 0 Å². The van der Waals surface area contributed by atoms with E-state index in [9.17, 15) is 9.18 Å². The number of aromatic nitrogens is 3. The summed E-state index contributed by atoms with van der Waals surface area (Å²) in [5.41, 5.74) is 2.70. The number of carbonyl (C=O) groups excluding carboxylic acids is 1. The molecule has 0 aliphatic carbocycles. The zero-order valence-corrected chi connectivity index (χ0v) is 16.9. The third-order valence-electron chi connectivity index (χ3n) is 4.70. The Bertz CT molecular complexity index is 1160. The first kappa shape index (κ1) is 19.8. The van der Waals surface area contributed by atoms with Crippen molar-refractivity contribution in [1.29, 1.82) is 0 Å². The van der Waals surface area contributed by atoms with Gasteiger partial charge in [0.2, 0.25) is 0 Å². The standard InChI is InChI=1S/C23H18ClFN4O/c1-28(14-18-20(24)10-5-11-21(18)25)23(30)19-15-29(17-8-3-2-4-9-17)27-22(19)16-7-6-12-26-13-16/h2-13,15H,14H2,1H3. The molecule has 0 saturated heterocycles. The van der Waals surface area contributed by atoms with E-state index < -0.39 is 5.82 Å². The fourth-order valence-corrected chi connectivity index (χ4v) is 3.38. The summed E-state index contributed by atoms with van der Waals surface area (Å²) < 4.78 is 15.9. The van der Waals surface area contributed by atoms with Crippen LogP contribution in [-0.2, 0) is 6.54 Å². The Morgan fingerprint density at radius 2 is 1.90 bits per heavy atom. The topological polar surface area (TPSA) is 51.0 Å². The fourth-order valence-electron chi connectivity index (χ4n) is 3.16. The first-order valence-electron chi connectivity index (χ1n) is 9.28. The molecule has 7 heteroatoms. The minimum Gasteiger partial charge on any atom is -0.337 e. The molecule has 0 radical (unpaired) electrons. The average Bonchev–Trinajstić information content (AvgIpc) is 3.22. The Labute approximate surface area is 178 Å². The van der Waals surface area contributed by atoms with E-state index in [2.05, 4.69) is 10.1 Å². The van der Waals surface area contributed by atoms with Crippen LogP contribution in [0, 0.1) is 5.82 Å². The predicted octanol–water partition coefficient (Wildman–Crippen LogP) is 5.00. The molecule has 0 bridgehead atoms. The highest BCUT2D eigenvalue weighted by molar-refractivity contribution is 6.31. The van der Waals surface area contributed by atoms with E-state index in [0.717, 1.165) is 5.69 Å². The minimum absolute atomic E-state index is 0.0351. The lowest BCUT2D eigenvalue weighted by molar-refractivity contribution is 0.0784. The molecule has 0 fully saturated rings. The Kier molecular flexibility index (Phi) is 5.59. The Morgan fingerprint density at radius 3 is 2.60 bits per heavy atom. The van der Waals surface area contributed by atoms with E-state index >= 15 is 0 Å². The van der Waals surface area contributed by atoms with Gasteiger partial charge < -0.3 is 4.90 Å². The van der Waals surface area contributed by atoms with Crippen LogP contribution in [0.3, 0.4) is 0 Å². The number of rotatable bonds is 5. The number of pyridine rings is 1. The summed E-state index contributed by atoms with van der Waals surface area (Å²) in [4.78, 5) is 18.9. The highest BCUT2D eigenvalue weighted by Gasteiger charge is 2.23. The molecule has 0 saturated carbocycles. The van der Waals surface area contributed by atoms with Crippen molar-refractivity contribution in [1.82, 2.24) is 19.7 Å². The number of halogens is 2. The number of amides is 1. The van der Waals surface area contributed by atoms with Gasteiger partial charge in [0.25, 0.3) is 5.91 Å². The van der Waals surface area contributed by atoms with Gasteiger partial charge in [0.15, 0.2) is 0 Å². The SMILES string of the molecule is CN(Cc1c(F)cccc1Cl)C(=O)c1cn(-c2ccccc2)nc1-c1cccnc1. The van der Waals surface area contributed by atoms with Crippen LogP contribution in [0.5, 0.6) is 0 Å². The first-order chi connectivity index (χ1) is 14.5. The lowest BCUT2D eigenvalue weighted by Crippen LogP contribution is -2.27. The molecule has 4 rings (SSSR count). The molecule has 0 aliphatic rings. The van der Waals surface area contributed by atoms with E-state index in [1.165, 1.54) is 17.0 Å². The van der Waals surface area contributed by atoms with E-state index in [0.29, 0.717) is 16.8 Å². The molecule has 2 aromatic heterocycles. The van der Waals surface area contributed by atoms with Crippen LogP contribution >= 0.6 is 11.6 Å². The molecular formula is C23H18ClFN4O. The van der Waals surface area contributed by atoms with Gasteiger partial charge >= 0.3 is 0 Å². The summed E-state index contributed by atoms with van der Waals surface area (Å²) in [5.74, 6) is -0.745. The third-order valence-corrected chi connectivity index (χ3v) is 5.06. The van der Waals surface area contributed by atoms with Crippen molar-refractivity contribution in [3.05, 3.63) is 101 Å².